The molecular formula is C38H44NO6+. The molecule has 4 aromatic rings. The van der Waals surface area contributed by atoms with E-state index in [2.05, 4.69) is 41.1 Å². The first-order valence-electron chi connectivity index (χ1n) is 16.1. The summed E-state index contributed by atoms with van der Waals surface area (Å²) < 4.78 is 25.3. The number of phenols is 2. The van der Waals surface area contributed by atoms with Crippen molar-refractivity contribution in [2.24, 2.45) is 0 Å². The molecular weight excluding hydrogens is 566 g/mol. The van der Waals surface area contributed by atoms with Crippen LogP contribution < -0.4 is 23.5 Å². The lowest BCUT2D eigenvalue weighted by Crippen LogP contribution is -2.45. The highest BCUT2D eigenvalue weighted by Gasteiger charge is 2.34. The van der Waals surface area contributed by atoms with Gasteiger partial charge in [-0.05, 0) is 85.5 Å². The Hall–Kier alpha value is -4.39. The van der Waals surface area contributed by atoms with Gasteiger partial charge < -0.3 is 29.2 Å². The van der Waals surface area contributed by atoms with Crippen molar-refractivity contribution in [3.05, 3.63) is 70.9 Å². The van der Waals surface area contributed by atoms with Crippen LogP contribution in [0.25, 0.3) is 28.1 Å². The van der Waals surface area contributed by atoms with Gasteiger partial charge in [0.05, 0.1) is 25.2 Å². The molecule has 2 N–H and O–H groups in total. The Morgan fingerprint density at radius 3 is 2.42 bits per heavy atom. The smallest absolute Gasteiger partial charge is 0.231 e. The van der Waals surface area contributed by atoms with Crippen LogP contribution in [0, 0.1) is 13.8 Å². The fraction of sp³-hybridized carbons (Fsp3) is 0.395. The van der Waals surface area contributed by atoms with E-state index in [1.807, 2.05) is 26.0 Å². The summed E-state index contributed by atoms with van der Waals surface area (Å²) in [5.41, 5.74) is 5.83. The third-order valence-corrected chi connectivity index (χ3v) is 9.50. The summed E-state index contributed by atoms with van der Waals surface area (Å²) in [6, 6.07) is 12.6. The molecule has 2 aliphatic heterocycles. The summed E-state index contributed by atoms with van der Waals surface area (Å²) in [4.78, 5) is 0. The number of phenolic OH excluding ortho intramolecular Hbond substituents is 2. The number of ether oxygens (including phenoxy) is 4. The molecule has 7 nitrogen and oxygen atoms in total. The summed E-state index contributed by atoms with van der Waals surface area (Å²) in [6.07, 6.45) is 16.4. The number of benzene rings is 3. The van der Waals surface area contributed by atoms with Gasteiger partial charge in [0, 0.05) is 24.5 Å². The number of fused-ring (bicyclic) bond motifs is 5. The van der Waals surface area contributed by atoms with Crippen molar-refractivity contribution < 1.29 is 33.7 Å². The Morgan fingerprint density at radius 2 is 1.64 bits per heavy atom. The van der Waals surface area contributed by atoms with E-state index in [0.29, 0.717) is 11.6 Å². The molecule has 7 heteroatoms. The minimum Gasteiger partial charge on any atom is -0.508 e. The van der Waals surface area contributed by atoms with Crippen LogP contribution in [0.3, 0.4) is 0 Å². The van der Waals surface area contributed by atoms with Gasteiger partial charge in [0.15, 0.2) is 35.2 Å². The molecule has 236 valence electrons. The van der Waals surface area contributed by atoms with E-state index >= 15 is 0 Å². The lowest BCUT2D eigenvalue weighted by molar-refractivity contribution is -0.714. The molecule has 45 heavy (non-hydrogen) atoms. The molecule has 6 rings (SSSR count). The van der Waals surface area contributed by atoms with Gasteiger partial charge in [-0.3, -0.25) is 0 Å². The predicted molar refractivity (Wildman–Crippen MR) is 177 cm³/mol. The van der Waals surface area contributed by atoms with Crippen LogP contribution in [0.2, 0.25) is 0 Å². The zero-order valence-corrected chi connectivity index (χ0v) is 26.8. The second kappa shape index (κ2) is 13.3. The van der Waals surface area contributed by atoms with Crippen molar-refractivity contribution in [3.8, 4) is 45.8 Å². The van der Waals surface area contributed by atoms with Crippen LogP contribution in [0.1, 0.15) is 79.7 Å². The molecule has 0 fully saturated rings. The summed E-state index contributed by atoms with van der Waals surface area (Å²) >= 11 is 0. The second-order valence-electron chi connectivity index (χ2n) is 12.3. The molecule has 1 unspecified atom stereocenters. The fourth-order valence-electron chi connectivity index (χ4n) is 6.76. The maximum absolute atomic E-state index is 10.4. The first-order valence-corrected chi connectivity index (χ1v) is 16.1. The largest absolute Gasteiger partial charge is 0.508 e. The van der Waals surface area contributed by atoms with Gasteiger partial charge in [0.2, 0.25) is 12.5 Å². The predicted octanol–water partition coefficient (Wildman–Crippen LogP) is 8.50. The first-order chi connectivity index (χ1) is 21.9. The number of aromatic hydroxyl groups is 2. The number of hydrogen-bond acceptors (Lipinski definition) is 6. The quantitative estimate of drug-likeness (QED) is 0.0951. The summed E-state index contributed by atoms with van der Waals surface area (Å²) in [5.74, 6) is 3.63. The van der Waals surface area contributed by atoms with Crippen molar-refractivity contribution >= 4 is 16.8 Å². The molecule has 0 radical (unpaired) electrons. The van der Waals surface area contributed by atoms with E-state index in [9.17, 15) is 10.2 Å². The summed E-state index contributed by atoms with van der Waals surface area (Å²) in [6.45, 7) is 3.92. The highest BCUT2D eigenvalue weighted by atomic mass is 16.7. The van der Waals surface area contributed by atoms with Crippen LogP contribution in [-0.4, -0.2) is 31.2 Å². The van der Waals surface area contributed by atoms with Crippen molar-refractivity contribution in [2.75, 3.05) is 21.0 Å². The van der Waals surface area contributed by atoms with Gasteiger partial charge in [-0.25, -0.2) is 0 Å². The second-order valence-corrected chi connectivity index (χ2v) is 12.3. The Kier molecular flexibility index (Phi) is 9.06. The first kappa shape index (κ1) is 30.6. The SMILES string of the molecule is COc1ccc2cc3[n+](cc2c1OC)C(CCCCCCCC/C=C/c1cc(O)c(C)c(C)c1O)Cc1cc2c(cc1-3)OCO2. The molecule has 0 amide bonds. The minimum atomic E-state index is 0.227. The van der Waals surface area contributed by atoms with Crippen molar-refractivity contribution in [1.29, 1.82) is 0 Å². The Balaban J connectivity index is 1.07. The maximum Gasteiger partial charge on any atom is 0.231 e. The van der Waals surface area contributed by atoms with Crippen LogP contribution in [0.15, 0.2) is 48.7 Å². The Labute approximate surface area is 265 Å². The van der Waals surface area contributed by atoms with Crippen LogP contribution >= 0.6 is 0 Å². The molecule has 3 heterocycles. The molecule has 0 spiro atoms. The van der Waals surface area contributed by atoms with Crippen LogP contribution in [0.4, 0.5) is 0 Å². The van der Waals surface area contributed by atoms with E-state index in [1.54, 1.807) is 20.3 Å². The van der Waals surface area contributed by atoms with Gasteiger partial charge in [-0.1, -0.05) is 37.8 Å². The average Bonchev–Trinajstić information content (AvgIpc) is 3.52. The lowest BCUT2D eigenvalue weighted by Gasteiger charge is -2.24. The number of pyridine rings is 1. The molecule has 0 saturated carbocycles. The number of rotatable bonds is 12. The molecule has 1 atom stereocenters. The van der Waals surface area contributed by atoms with Gasteiger partial charge in [0.1, 0.15) is 11.5 Å². The standard InChI is InChI=1S/C38H43NO6/c1-24-25(2)37(41)27(19-33(24)40)13-11-9-7-5-6-8-10-12-14-29-17-28-20-35-36(45-23-44-35)21-30(28)32-18-26-15-16-34(42-3)38(43-4)31(26)22-39(29)32/h11,13,15-16,18-22,29H,5-10,12,14,17,23H2,1-4H3,(H-,40,41)/p+1/b13-11+. The van der Waals surface area contributed by atoms with Crippen LogP contribution in [0.5, 0.6) is 34.5 Å². The summed E-state index contributed by atoms with van der Waals surface area (Å²) in [7, 11) is 3.38. The van der Waals surface area contributed by atoms with Gasteiger partial charge in [-0.15, -0.1) is 0 Å². The Morgan fingerprint density at radius 1 is 0.889 bits per heavy atom. The van der Waals surface area contributed by atoms with Crippen molar-refractivity contribution in [2.45, 2.75) is 77.7 Å². The Bertz CT molecular complexity index is 1740. The van der Waals surface area contributed by atoms with Crippen molar-refractivity contribution in [1.82, 2.24) is 0 Å². The number of methoxy groups -OCH3 is 2. The van der Waals surface area contributed by atoms with Crippen LogP contribution in [-0.2, 0) is 6.42 Å². The molecule has 0 saturated heterocycles. The van der Waals surface area contributed by atoms with Gasteiger partial charge in [-0.2, -0.15) is 4.57 Å². The average molecular weight is 611 g/mol. The molecule has 1 aromatic heterocycles. The third-order valence-electron chi connectivity index (χ3n) is 9.50. The fourth-order valence-corrected chi connectivity index (χ4v) is 6.76. The monoisotopic (exact) mass is 610 g/mol. The van der Waals surface area contributed by atoms with E-state index in [0.717, 1.165) is 70.6 Å². The number of allylic oxidation sites excluding steroid dienone is 1. The van der Waals surface area contributed by atoms with Crippen molar-refractivity contribution in [3.63, 3.8) is 0 Å². The molecule has 2 aliphatic rings. The van der Waals surface area contributed by atoms with E-state index < -0.39 is 0 Å². The number of unbranched alkanes of at least 4 members (excludes halogenated alkanes) is 6. The van der Waals surface area contributed by atoms with E-state index in [1.165, 1.54) is 48.9 Å². The zero-order chi connectivity index (χ0) is 31.5. The molecule has 3 aromatic carbocycles. The molecule has 0 bridgehead atoms. The maximum atomic E-state index is 10.4. The normalized spacial score (nSPS) is 15.0. The topological polar surface area (TPSA) is 81.3 Å². The third kappa shape index (κ3) is 6.13. The highest BCUT2D eigenvalue weighted by molar-refractivity contribution is 5.91. The zero-order valence-electron chi connectivity index (χ0n) is 26.8. The van der Waals surface area contributed by atoms with Gasteiger partial charge >= 0.3 is 0 Å². The minimum absolute atomic E-state index is 0.227. The van der Waals surface area contributed by atoms with E-state index in [-0.39, 0.29) is 18.3 Å². The number of aromatic nitrogens is 1. The highest BCUT2D eigenvalue weighted by Crippen LogP contribution is 2.43. The van der Waals surface area contributed by atoms with Gasteiger partial charge in [0.25, 0.3) is 0 Å². The molecule has 0 aliphatic carbocycles. The summed E-state index contributed by atoms with van der Waals surface area (Å²) in [5, 5.41) is 22.6. The number of hydrogen-bond donors (Lipinski definition) is 2. The lowest BCUT2D eigenvalue weighted by atomic mass is 9.89. The number of nitrogens with zero attached hydrogens (tertiary/aromatic N) is 1. The van der Waals surface area contributed by atoms with E-state index in [4.69, 9.17) is 18.9 Å².